The molecule has 0 radical (unpaired) electrons. The van der Waals surface area contributed by atoms with E-state index >= 15 is 0 Å². The maximum Gasteiger partial charge on any atom is 0.416 e. The number of halogens is 3. The molecule has 0 aliphatic carbocycles. The molecule has 24 heavy (non-hydrogen) atoms. The maximum absolute atomic E-state index is 12.7. The van der Waals surface area contributed by atoms with Crippen LogP contribution in [0.1, 0.15) is 31.7 Å². The molecule has 1 aromatic carbocycles. The number of aliphatic hydroxyl groups is 1. The highest BCUT2D eigenvalue weighted by atomic mass is 19.4. The number of likely N-dealkylation sites (tertiary alicyclic amines) is 1. The van der Waals surface area contributed by atoms with Crippen LogP contribution in [0.15, 0.2) is 24.3 Å². The third kappa shape index (κ3) is 4.63. The molecule has 1 aliphatic heterocycles. The van der Waals surface area contributed by atoms with Gasteiger partial charge in [-0.1, -0.05) is 12.1 Å². The Labute approximate surface area is 139 Å². The number of carbonyl (C=O) groups excluding carboxylic acids is 1. The van der Waals surface area contributed by atoms with E-state index in [9.17, 15) is 23.1 Å². The molecular weight excluding hydrogens is 323 g/mol. The van der Waals surface area contributed by atoms with Crippen LogP contribution in [0.25, 0.3) is 0 Å². The van der Waals surface area contributed by atoms with Crippen LogP contribution in [0.4, 0.5) is 13.2 Å². The van der Waals surface area contributed by atoms with Gasteiger partial charge in [-0.3, -0.25) is 4.79 Å². The molecule has 4 nitrogen and oxygen atoms in total. The summed E-state index contributed by atoms with van der Waals surface area (Å²) in [7, 11) is 0. The second-order valence-corrected chi connectivity index (χ2v) is 5.86. The molecule has 1 amide bonds. The van der Waals surface area contributed by atoms with E-state index in [1.54, 1.807) is 12.1 Å². The van der Waals surface area contributed by atoms with Crippen LogP contribution in [0.3, 0.4) is 0 Å². The predicted octanol–water partition coefficient (Wildman–Crippen LogP) is 2.93. The van der Waals surface area contributed by atoms with Gasteiger partial charge in [-0.25, -0.2) is 0 Å². The number of benzene rings is 1. The van der Waals surface area contributed by atoms with Crippen molar-refractivity contribution in [3.8, 4) is 5.75 Å². The molecule has 2 rings (SSSR count). The zero-order valence-electron chi connectivity index (χ0n) is 13.6. The Balaban J connectivity index is 1.91. The van der Waals surface area contributed by atoms with Crippen LogP contribution in [0, 0.1) is 0 Å². The number of ether oxygens (including phenoxy) is 1. The standard InChI is InChI=1S/C17H22F3NO3/c1-2-24-13-8-5-12(6-9-13)7-10-15(22)21-11-3-4-14(21)16(23)17(18,19)20/h5-6,8-9,14,16,23H,2-4,7,10-11H2,1H3. The predicted molar refractivity (Wildman–Crippen MR) is 82.7 cm³/mol. The maximum atomic E-state index is 12.7. The molecule has 2 atom stereocenters. The summed E-state index contributed by atoms with van der Waals surface area (Å²) in [6, 6.07) is 6.11. The average molecular weight is 345 g/mol. The first-order chi connectivity index (χ1) is 11.3. The van der Waals surface area contributed by atoms with E-state index in [0.29, 0.717) is 19.4 Å². The van der Waals surface area contributed by atoms with Crippen molar-refractivity contribution in [1.82, 2.24) is 4.90 Å². The SMILES string of the molecule is CCOc1ccc(CCC(=O)N2CCCC2C(O)C(F)(F)F)cc1. The van der Waals surface area contributed by atoms with E-state index in [2.05, 4.69) is 0 Å². The number of hydrogen-bond acceptors (Lipinski definition) is 3. The Morgan fingerprint density at radius 2 is 2.04 bits per heavy atom. The number of aryl methyl sites for hydroxylation is 1. The zero-order chi connectivity index (χ0) is 17.7. The van der Waals surface area contributed by atoms with Crippen molar-refractivity contribution in [2.75, 3.05) is 13.2 Å². The Morgan fingerprint density at radius 3 is 2.62 bits per heavy atom. The summed E-state index contributed by atoms with van der Waals surface area (Å²) in [5.74, 6) is 0.384. The fourth-order valence-corrected chi connectivity index (χ4v) is 2.96. The lowest BCUT2D eigenvalue weighted by atomic mass is 10.1. The van der Waals surface area contributed by atoms with Crippen molar-refractivity contribution in [2.24, 2.45) is 0 Å². The molecule has 0 bridgehead atoms. The van der Waals surface area contributed by atoms with Crippen molar-refractivity contribution >= 4 is 5.91 Å². The van der Waals surface area contributed by atoms with Gasteiger partial charge in [0.25, 0.3) is 0 Å². The molecule has 1 saturated heterocycles. The number of alkyl halides is 3. The molecule has 0 saturated carbocycles. The van der Waals surface area contributed by atoms with Crippen LogP contribution in [-0.4, -0.2) is 47.4 Å². The van der Waals surface area contributed by atoms with Gasteiger partial charge >= 0.3 is 6.18 Å². The summed E-state index contributed by atoms with van der Waals surface area (Å²) in [4.78, 5) is 13.4. The summed E-state index contributed by atoms with van der Waals surface area (Å²) < 4.78 is 43.4. The number of hydrogen-bond donors (Lipinski definition) is 1. The fraction of sp³-hybridized carbons (Fsp3) is 0.588. The molecule has 0 spiro atoms. The van der Waals surface area contributed by atoms with Crippen LogP contribution >= 0.6 is 0 Å². The van der Waals surface area contributed by atoms with Crippen molar-refractivity contribution in [1.29, 1.82) is 0 Å². The second-order valence-electron chi connectivity index (χ2n) is 5.86. The Morgan fingerprint density at radius 1 is 1.38 bits per heavy atom. The average Bonchev–Trinajstić information content (AvgIpc) is 3.02. The third-order valence-electron chi connectivity index (χ3n) is 4.18. The largest absolute Gasteiger partial charge is 0.494 e. The molecule has 2 unspecified atom stereocenters. The van der Waals surface area contributed by atoms with Gasteiger partial charge in [-0.05, 0) is 43.9 Å². The molecule has 1 fully saturated rings. The summed E-state index contributed by atoms with van der Waals surface area (Å²) in [6.45, 7) is 2.71. The van der Waals surface area contributed by atoms with Gasteiger partial charge in [-0.2, -0.15) is 13.2 Å². The topological polar surface area (TPSA) is 49.8 Å². The Kier molecular flexibility index (Phi) is 6.10. The van der Waals surface area contributed by atoms with Crippen molar-refractivity contribution in [2.45, 2.75) is 50.9 Å². The highest BCUT2D eigenvalue weighted by Gasteiger charge is 2.48. The van der Waals surface area contributed by atoms with E-state index in [1.165, 1.54) is 4.90 Å². The van der Waals surface area contributed by atoms with Gasteiger partial charge in [0.1, 0.15) is 5.75 Å². The number of nitrogens with zero attached hydrogens (tertiary/aromatic N) is 1. The normalized spacial score (nSPS) is 19.4. The third-order valence-corrected chi connectivity index (χ3v) is 4.18. The number of carbonyl (C=O) groups is 1. The lowest BCUT2D eigenvalue weighted by molar-refractivity contribution is -0.219. The van der Waals surface area contributed by atoms with Gasteiger partial charge in [0, 0.05) is 13.0 Å². The molecule has 0 aromatic heterocycles. The summed E-state index contributed by atoms with van der Waals surface area (Å²) in [5, 5.41) is 9.44. The molecule has 134 valence electrons. The minimum absolute atomic E-state index is 0.120. The smallest absolute Gasteiger partial charge is 0.416 e. The summed E-state index contributed by atoms with van der Waals surface area (Å²) in [6.07, 6.45) is -5.97. The van der Waals surface area contributed by atoms with E-state index in [1.807, 2.05) is 19.1 Å². The fourth-order valence-electron chi connectivity index (χ4n) is 2.96. The number of rotatable bonds is 6. The highest BCUT2D eigenvalue weighted by molar-refractivity contribution is 5.77. The van der Waals surface area contributed by atoms with E-state index in [0.717, 1.165) is 11.3 Å². The highest BCUT2D eigenvalue weighted by Crippen LogP contribution is 2.31. The van der Waals surface area contributed by atoms with E-state index in [4.69, 9.17) is 4.74 Å². The Hall–Kier alpha value is -1.76. The molecule has 1 N–H and O–H groups in total. The second kappa shape index (κ2) is 7.88. The van der Waals surface area contributed by atoms with E-state index in [-0.39, 0.29) is 25.3 Å². The van der Waals surface area contributed by atoms with Gasteiger partial charge in [0.05, 0.1) is 12.6 Å². The van der Waals surface area contributed by atoms with E-state index < -0.39 is 18.3 Å². The minimum atomic E-state index is -4.71. The lowest BCUT2D eigenvalue weighted by Gasteiger charge is -2.29. The van der Waals surface area contributed by atoms with Gasteiger partial charge in [0.15, 0.2) is 6.10 Å². The summed E-state index contributed by atoms with van der Waals surface area (Å²) in [5.41, 5.74) is 0.916. The van der Waals surface area contributed by atoms with Gasteiger partial charge in [0.2, 0.25) is 5.91 Å². The van der Waals surface area contributed by atoms with Gasteiger partial charge in [-0.15, -0.1) is 0 Å². The first-order valence-corrected chi connectivity index (χ1v) is 8.09. The van der Waals surface area contributed by atoms with Crippen molar-refractivity contribution in [3.05, 3.63) is 29.8 Å². The Bertz CT molecular complexity index is 545. The van der Waals surface area contributed by atoms with Gasteiger partial charge < -0.3 is 14.7 Å². The van der Waals surface area contributed by atoms with Crippen LogP contribution < -0.4 is 4.74 Å². The molecule has 1 aromatic rings. The van der Waals surface area contributed by atoms with Crippen molar-refractivity contribution in [3.63, 3.8) is 0 Å². The molecule has 1 heterocycles. The number of amides is 1. The first-order valence-electron chi connectivity index (χ1n) is 8.09. The molecule has 1 aliphatic rings. The monoisotopic (exact) mass is 345 g/mol. The van der Waals surface area contributed by atoms with Crippen LogP contribution in [0.5, 0.6) is 5.75 Å². The minimum Gasteiger partial charge on any atom is -0.494 e. The number of aliphatic hydroxyl groups excluding tert-OH is 1. The first kappa shape index (κ1) is 18.6. The summed E-state index contributed by atoms with van der Waals surface area (Å²) >= 11 is 0. The lowest BCUT2D eigenvalue weighted by Crippen LogP contribution is -2.49. The van der Waals surface area contributed by atoms with Crippen LogP contribution in [0.2, 0.25) is 0 Å². The van der Waals surface area contributed by atoms with Crippen molar-refractivity contribution < 1.29 is 27.8 Å². The quantitative estimate of drug-likeness (QED) is 0.862. The van der Waals surface area contributed by atoms with Crippen LogP contribution in [-0.2, 0) is 11.2 Å². The molecule has 7 heteroatoms. The zero-order valence-corrected chi connectivity index (χ0v) is 13.6. The molecular formula is C17H22F3NO3.